The smallest absolute Gasteiger partial charge is 0.379 e. The molecule has 0 bridgehead atoms. The topological polar surface area (TPSA) is 171 Å². The average molecular weight is 649 g/mol. The molecule has 0 saturated carbocycles. The Morgan fingerprint density at radius 2 is 2.08 bits per heavy atom. The molecular formula is C21H24Br2N5O7P. The largest absolute Gasteiger partial charge is 0.424 e. The van der Waals surface area contributed by atoms with Crippen molar-refractivity contribution in [3.63, 3.8) is 0 Å². The van der Waals surface area contributed by atoms with Crippen molar-refractivity contribution >= 4 is 56.8 Å². The lowest BCUT2D eigenvalue weighted by Crippen LogP contribution is -2.36. The summed E-state index contributed by atoms with van der Waals surface area (Å²) in [5, 5.41) is 15.1. The van der Waals surface area contributed by atoms with Gasteiger partial charge in [0.25, 0.3) is 5.56 Å². The van der Waals surface area contributed by atoms with E-state index in [2.05, 4.69) is 46.9 Å². The molecule has 36 heavy (non-hydrogen) atoms. The number of aliphatic hydroxyl groups is 1. The van der Waals surface area contributed by atoms with E-state index in [1.807, 2.05) is 0 Å². The first kappa shape index (κ1) is 27.0. The fourth-order valence-corrected chi connectivity index (χ4v) is 6.90. The number of anilines is 1. The van der Waals surface area contributed by atoms with Gasteiger partial charge in [-0.1, -0.05) is 57.0 Å². The lowest BCUT2D eigenvalue weighted by molar-refractivity contribution is -0.119. The zero-order valence-electron chi connectivity index (χ0n) is 19.2. The van der Waals surface area contributed by atoms with E-state index in [-0.39, 0.29) is 30.1 Å². The number of carbonyl (C=O) groups is 1. The van der Waals surface area contributed by atoms with Crippen molar-refractivity contribution in [2.45, 2.75) is 35.4 Å². The van der Waals surface area contributed by atoms with E-state index in [9.17, 15) is 19.3 Å². The van der Waals surface area contributed by atoms with Gasteiger partial charge >= 0.3 is 7.60 Å². The fourth-order valence-electron chi connectivity index (χ4n) is 3.65. The van der Waals surface area contributed by atoms with E-state index in [1.165, 1.54) is 17.6 Å². The summed E-state index contributed by atoms with van der Waals surface area (Å²) in [5.41, 5.74) is 5.45. The van der Waals surface area contributed by atoms with Gasteiger partial charge in [0.15, 0.2) is 0 Å². The lowest BCUT2D eigenvalue weighted by atomic mass is 10.1. The van der Waals surface area contributed by atoms with Crippen molar-refractivity contribution in [1.82, 2.24) is 19.6 Å². The van der Waals surface area contributed by atoms with Crippen LogP contribution in [0.25, 0.3) is 5.65 Å². The molecule has 1 aromatic carbocycles. The standard InChI is InChI=1S/C21H24Br2N5O7P/c1-11(12(2)29)10-36(32,35-13-6-4-3-5-7-13)33-9-15-16(30)21(22,23)17(34-15)14-8-25-18-19(31)26-20(24)27-28(14)18/h3-8,11,15-17,30H,9-10H2,1-2H3,(H3,24,26,27,31)/t11-,15-,16+,17+,36?/m1/s1. The lowest BCUT2D eigenvalue weighted by Gasteiger charge is -2.24. The summed E-state index contributed by atoms with van der Waals surface area (Å²) < 4.78 is 31.1. The van der Waals surface area contributed by atoms with Gasteiger partial charge < -0.3 is 20.1 Å². The number of ether oxygens (including phenoxy) is 1. The second-order valence-electron chi connectivity index (χ2n) is 8.44. The first-order chi connectivity index (χ1) is 16.9. The number of aromatic nitrogens is 4. The van der Waals surface area contributed by atoms with Crippen LogP contribution in [-0.4, -0.2) is 58.7 Å². The van der Waals surface area contributed by atoms with E-state index in [4.69, 9.17) is 19.5 Å². The monoisotopic (exact) mass is 647 g/mol. The van der Waals surface area contributed by atoms with E-state index >= 15 is 0 Å². The number of aromatic amines is 1. The Kier molecular flexibility index (Phi) is 7.75. The summed E-state index contributed by atoms with van der Waals surface area (Å²) in [5.74, 6) is -0.557. The number of carbonyl (C=O) groups excluding carboxylic acids is 1. The number of fused-ring (bicyclic) bond motifs is 1. The van der Waals surface area contributed by atoms with E-state index in [1.54, 1.807) is 37.3 Å². The van der Waals surface area contributed by atoms with Crippen LogP contribution in [0.4, 0.5) is 5.95 Å². The third-order valence-corrected chi connectivity index (χ3v) is 9.50. The molecule has 3 aromatic rings. The maximum atomic E-state index is 13.6. The summed E-state index contributed by atoms with van der Waals surface area (Å²) in [4.78, 5) is 30.4. The Hall–Kier alpha value is -2.09. The predicted molar refractivity (Wildman–Crippen MR) is 138 cm³/mol. The molecule has 5 atom stereocenters. The number of halogens is 2. The third kappa shape index (κ3) is 5.43. The van der Waals surface area contributed by atoms with E-state index in [0.29, 0.717) is 11.4 Å². The maximum absolute atomic E-state index is 13.6. The highest BCUT2D eigenvalue weighted by molar-refractivity contribution is 9.25. The summed E-state index contributed by atoms with van der Waals surface area (Å²) in [7, 11) is -3.84. The first-order valence-corrected chi connectivity index (χ1v) is 14.2. The number of benzene rings is 1. The van der Waals surface area contributed by atoms with Gasteiger partial charge in [-0.2, -0.15) is 0 Å². The van der Waals surface area contributed by atoms with E-state index < -0.39 is 40.6 Å². The van der Waals surface area contributed by atoms with Gasteiger partial charge in [-0.25, -0.2) is 14.1 Å². The first-order valence-electron chi connectivity index (χ1n) is 10.8. The Balaban J connectivity index is 1.57. The van der Waals surface area contributed by atoms with Gasteiger partial charge in [0.1, 0.15) is 33.1 Å². The van der Waals surface area contributed by atoms with E-state index in [0.717, 1.165) is 0 Å². The van der Waals surface area contributed by atoms with Crippen LogP contribution in [0.2, 0.25) is 0 Å². The van der Waals surface area contributed by atoms with Crippen LogP contribution in [0.3, 0.4) is 0 Å². The van der Waals surface area contributed by atoms with Crippen LogP contribution >= 0.6 is 39.5 Å². The zero-order chi connectivity index (χ0) is 26.3. The van der Waals surface area contributed by atoms with Crippen LogP contribution in [-0.2, 0) is 18.6 Å². The number of alkyl halides is 2. The molecule has 0 aliphatic carbocycles. The summed E-state index contributed by atoms with van der Waals surface area (Å²) in [6.45, 7) is 2.72. The molecule has 1 aliphatic rings. The minimum Gasteiger partial charge on any atom is -0.424 e. The highest BCUT2D eigenvalue weighted by Crippen LogP contribution is 2.54. The number of nitrogen functional groups attached to an aromatic ring is 1. The normalized spacial score (nSPS) is 23.9. The van der Waals surface area contributed by atoms with Crippen molar-refractivity contribution in [2.24, 2.45) is 5.92 Å². The molecule has 15 heteroatoms. The number of imidazole rings is 1. The van der Waals surface area contributed by atoms with Crippen molar-refractivity contribution in [3.8, 4) is 5.75 Å². The predicted octanol–water partition coefficient (Wildman–Crippen LogP) is 2.80. The summed E-state index contributed by atoms with van der Waals surface area (Å²) in [6, 6.07) is 8.46. The van der Waals surface area contributed by atoms with Crippen molar-refractivity contribution < 1.29 is 28.3 Å². The van der Waals surface area contributed by atoms with Gasteiger partial charge in [-0.3, -0.25) is 19.1 Å². The molecule has 1 aliphatic heterocycles. The van der Waals surface area contributed by atoms with Crippen LogP contribution in [0, 0.1) is 5.92 Å². The Morgan fingerprint density at radius 3 is 2.75 bits per heavy atom. The molecule has 3 heterocycles. The Bertz CT molecular complexity index is 1370. The minimum absolute atomic E-state index is 0.00762. The van der Waals surface area contributed by atoms with Crippen LogP contribution in [0.5, 0.6) is 5.75 Å². The number of hydrogen-bond donors (Lipinski definition) is 3. The number of ketones is 1. The fraction of sp³-hybridized carbons (Fsp3) is 0.429. The van der Waals surface area contributed by atoms with Crippen LogP contribution < -0.4 is 15.8 Å². The second kappa shape index (κ2) is 10.3. The molecule has 0 amide bonds. The third-order valence-electron chi connectivity index (χ3n) is 5.71. The molecule has 1 saturated heterocycles. The second-order valence-corrected chi connectivity index (χ2v) is 14.2. The molecule has 4 N–H and O–H groups in total. The number of para-hydroxylation sites is 1. The average Bonchev–Trinajstić information content (AvgIpc) is 3.31. The van der Waals surface area contributed by atoms with Gasteiger partial charge in [-0.05, 0) is 19.1 Å². The molecule has 2 aromatic heterocycles. The van der Waals surface area contributed by atoms with Crippen LogP contribution in [0.15, 0.2) is 41.3 Å². The number of nitrogens with two attached hydrogens (primary N) is 1. The molecule has 1 fully saturated rings. The molecule has 194 valence electrons. The highest BCUT2D eigenvalue weighted by atomic mass is 79.9. The number of Topliss-reactive ketones (excluding diaryl/α,β-unsaturated/α-hetero) is 1. The van der Waals surface area contributed by atoms with Crippen molar-refractivity contribution in [1.29, 1.82) is 0 Å². The molecule has 0 radical (unpaired) electrons. The van der Waals surface area contributed by atoms with Crippen molar-refractivity contribution in [3.05, 3.63) is 52.6 Å². The van der Waals surface area contributed by atoms with Gasteiger partial charge in [-0.15, -0.1) is 5.10 Å². The highest BCUT2D eigenvalue weighted by Gasteiger charge is 2.55. The molecule has 1 unspecified atom stereocenters. The van der Waals surface area contributed by atoms with Crippen molar-refractivity contribution in [2.75, 3.05) is 18.5 Å². The molecule has 12 nitrogen and oxygen atoms in total. The number of rotatable bonds is 9. The molecule has 0 spiro atoms. The number of nitrogens with zero attached hydrogens (tertiary/aromatic N) is 3. The quantitative estimate of drug-likeness (QED) is 0.231. The molecular weight excluding hydrogens is 625 g/mol. The summed E-state index contributed by atoms with van der Waals surface area (Å²) >= 11 is 6.90. The van der Waals surface area contributed by atoms with Crippen LogP contribution in [0.1, 0.15) is 25.6 Å². The van der Waals surface area contributed by atoms with Gasteiger partial charge in [0.2, 0.25) is 11.6 Å². The maximum Gasteiger partial charge on any atom is 0.379 e. The summed E-state index contributed by atoms with van der Waals surface area (Å²) in [6.07, 6.45) is -1.87. The Morgan fingerprint density at radius 1 is 1.39 bits per heavy atom. The SMILES string of the molecule is CC(=O)[C@H](C)CP(=O)(OC[C@H]1O[C@@H](c2cnc3c(=O)[nH]c(N)nn23)C(Br)(Br)[C@H]1O)Oc1ccccc1. The number of aliphatic hydroxyl groups excluding tert-OH is 1. The number of H-pyrrole nitrogens is 1. The zero-order valence-corrected chi connectivity index (χ0v) is 23.3. The number of hydrogen-bond acceptors (Lipinski definition) is 10. The molecule has 4 rings (SSSR count). The van der Waals surface area contributed by atoms with Gasteiger partial charge in [0.05, 0.1) is 24.7 Å². The Labute approximate surface area is 222 Å². The van der Waals surface area contributed by atoms with Gasteiger partial charge in [0, 0.05) is 5.92 Å². The minimum atomic E-state index is -3.84. The number of nitrogens with one attached hydrogen (secondary N) is 1.